The van der Waals surface area contributed by atoms with Crippen LogP contribution in [0.15, 0.2) is 62.2 Å². The van der Waals surface area contributed by atoms with Gasteiger partial charge in [-0.15, -0.1) is 0 Å². The first-order chi connectivity index (χ1) is 12.5. The summed E-state index contributed by atoms with van der Waals surface area (Å²) in [6.07, 6.45) is 1.52. The van der Waals surface area contributed by atoms with E-state index in [0.717, 1.165) is 16.9 Å². The van der Waals surface area contributed by atoms with E-state index >= 15 is 0 Å². The maximum atomic E-state index is 12.7. The molecule has 0 saturated heterocycles. The number of aliphatic imine (C=N–C) groups is 1. The first-order valence-electron chi connectivity index (χ1n) is 8.05. The fourth-order valence-electron chi connectivity index (χ4n) is 2.73. The number of hydrogen-bond donors (Lipinski definition) is 1. The minimum Gasteiger partial charge on any atom is -0.295 e. The number of amides is 2. The largest absolute Gasteiger partial charge is 0.368 e. The maximum absolute atomic E-state index is 12.7. The van der Waals surface area contributed by atoms with Crippen LogP contribution in [0.1, 0.15) is 16.8 Å². The molecule has 0 radical (unpaired) electrons. The second kappa shape index (κ2) is 6.03. The summed E-state index contributed by atoms with van der Waals surface area (Å²) in [4.78, 5) is 35.8. The summed E-state index contributed by atoms with van der Waals surface area (Å²) >= 11 is 0. The van der Waals surface area contributed by atoms with Crippen molar-refractivity contribution in [3.8, 4) is 5.69 Å². The van der Waals surface area contributed by atoms with Crippen LogP contribution in [0.5, 0.6) is 0 Å². The van der Waals surface area contributed by atoms with Gasteiger partial charge in [0.2, 0.25) is 0 Å². The van der Waals surface area contributed by atoms with E-state index in [4.69, 9.17) is 0 Å². The van der Waals surface area contributed by atoms with E-state index in [1.54, 1.807) is 18.2 Å². The molecule has 0 bridgehead atoms. The Morgan fingerprint density at radius 3 is 2.50 bits per heavy atom. The van der Waals surface area contributed by atoms with Crippen molar-refractivity contribution >= 4 is 17.9 Å². The van der Waals surface area contributed by atoms with Gasteiger partial charge in [0.25, 0.3) is 5.56 Å². The van der Waals surface area contributed by atoms with Gasteiger partial charge in [-0.05, 0) is 44.2 Å². The summed E-state index contributed by atoms with van der Waals surface area (Å²) in [7, 11) is 0. The van der Waals surface area contributed by atoms with Crippen LogP contribution in [-0.4, -0.2) is 22.0 Å². The highest BCUT2D eigenvalue weighted by atomic mass is 16.2. The summed E-state index contributed by atoms with van der Waals surface area (Å²) in [6, 6.07) is 12.2. The Balaban J connectivity index is 1.71. The van der Waals surface area contributed by atoms with Gasteiger partial charge >= 0.3 is 6.03 Å². The molecular formula is C19H15N5O2. The lowest BCUT2D eigenvalue weighted by Crippen LogP contribution is -2.20. The number of aromatic amines is 1. The molecule has 1 aliphatic rings. The fraction of sp³-hybridized carbons (Fsp3) is 0.105. The van der Waals surface area contributed by atoms with Crippen LogP contribution in [0.25, 0.3) is 5.69 Å². The van der Waals surface area contributed by atoms with Gasteiger partial charge in [-0.2, -0.15) is 9.98 Å². The monoisotopic (exact) mass is 345 g/mol. The average molecular weight is 345 g/mol. The van der Waals surface area contributed by atoms with Gasteiger partial charge in [0.05, 0.1) is 27.7 Å². The number of fused-ring (bicyclic) bond motifs is 1. The van der Waals surface area contributed by atoms with Crippen molar-refractivity contribution in [3.05, 3.63) is 80.4 Å². The van der Waals surface area contributed by atoms with Crippen LogP contribution in [0.4, 0.5) is 10.5 Å². The Kier molecular flexibility index (Phi) is 3.69. The molecule has 1 N–H and O–H groups in total. The SMILES string of the molecule is Cc1ccc(-n2[nH]c(C)c(C=Nc3ccc4c(c3)=NC(=O)N=4)c2=O)cc1. The summed E-state index contributed by atoms with van der Waals surface area (Å²) in [5.41, 5.74) is 3.50. The molecule has 26 heavy (non-hydrogen) atoms. The number of aryl methyl sites for hydroxylation is 2. The number of urea groups is 1. The number of rotatable bonds is 3. The van der Waals surface area contributed by atoms with Crippen LogP contribution in [0, 0.1) is 13.8 Å². The van der Waals surface area contributed by atoms with Crippen molar-refractivity contribution in [1.82, 2.24) is 9.78 Å². The molecule has 1 aromatic heterocycles. The van der Waals surface area contributed by atoms with Crippen molar-refractivity contribution in [2.24, 2.45) is 15.0 Å². The van der Waals surface area contributed by atoms with Gasteiger partial charge in [0.15, 0.2) is 0 Å². The highest BCUT2D eigenvalue weighted by Gasteiger charge is 2.11. The van der Waals surface area contributed by atoms with E-state index in [-0.39, 0.29) is 5.56 Å². The molecule has 2 aromatic carbocycles. The van der Waals surface area contributed by atoms with E-state index in [0.29, 0.717) is 22.0 Å². The molecule has 0 spiro atoms. The van der Waals surface area contributed by atoms with Gasteiger partial charge in [-0.25, -0.2) is 9.48 Å². The molecule has 0 atom stereocenters. The first kappa shape index (κ1) is 15.9. The lowest BCUT2D eigenvalue weighted by atomic mass is 10.2. The van der Waals surface area contributed by atoms with Crippen LogP contribution in [0.3, 0.4) is 0 Å². The Morgan fingerprint density at radius 1 is 1.00 bits per heavy atom. The van der Waals surface area contributed by atoms with E-state index in [9.17, 15) is 9.59 Å². The average Bonchev–Trinajstić information content (AvgIpc) is 3.12. The smallest absolute Gasteiger partial charge is 0.295 e. The molecule has 7 nitrogen and oxygen atoms in total. The number of nitrogens with one attached hydrogen (secondary N) is 1. The quantitative estimate of drug-likeness (QED) is 0.735. The molecular weight excluding hydrogens is 330 g/mol. The second-order valence-corrected chi connectivity index (χ2v) is 6.06. The van der Waals surface area contributed by atoms with E-state index < -0.39 is 6.03 Å². The second-order valence-electron chi connectivity index (χ2n) is 6.06. The summed E-state index contributed by atoms with van der Waals surface area (Å²) in [5.74, 6) is 0. The Hall–Kier alpha value is -3.61. The number of benzene rings is 2. The van der Waals surface area contributed by atoms with E-state index in [1.807, 2.05) is 38.1 Å². The zero-order chi connectivity index (χ0) is 18.3. The number of hydrogen-bond acceptors (Lipinski definition) is 3. The number of H-pyrrole nitrogens is 1. The predicted molar refractivity (Wildman–Crippen MR) is 97.3 cm³/mol. The third-order valence-corrected chi connectivity index (χ3v) is 4.14. The van der Waals surface area contributed by atoms with Crippen molar-refractivity contribution < 1.29 is 4.79 Å². The van der Waals surface area contributed by atoms with Gasteiger partial charge < -0.3 is 0 Å². The molecule has 0 saturated carbocycles. The molecule has 128 valence electrons. The van der Waals surface area contributed by atoms with Crippen LogP contribution < -0.4 is 16.3 Å². The topological polar surface area (TPSA) is 91.9 Å². The Labute approximate surface area is 148 Å². The first-order valence-corrected chi connectivity index (χ1v) is 8.05. The molecule has 0 unspecified atom stereocenters. The van der Waals surface area contributed by atoms with Crippen LogP contribution in [0.2, 0.25) is 0 Å². The zero-order valence-electron chi connectivity index (χ0n) is 14.2. The minimum absolute atomic E-state index is 0.175. The standard InChI is InChI=1S/C19H15N5O2/c1-11-3-6-14(7-4-11)24-18(25)15(12(2)23-24)10-20-13-5-8-16-17(9-13)22-19(26)21-16/h3-10,23H,1-2H3. The number of aromatic nitrogens is 2. The maximum Gasteiger partial charge on any atom is 0.368 e. The van der Waals surface area contributed by atoms with Crippen molar-refractivity contribution in [3.63, 3.8) is 0 Å². The fourth-order valence-corrected chi connectivity index (χ4v) is 2.73. The number of carbonyl (C=O) groups excluding carboxylic acids is 1. The Bertz CT molecular complexity index is 1230. The van der Waals surface area contributed by atoms with Gasteiger partial charge in [0, 0.05) is 11.9 Å². The summed E-state index contributed by atoms with van der Waals surface area (Å²) in [6.45, 7) is 3.82. The van der Waals surface area contributed by atoms with E-state index in [2.05, 4.69) is 20.1 Å². The van der Waals surface area contributed by atoms with Crippen molar-refractivity contribution in [2.75, 3.05) is 0 Å². The molecule has 0 aliphatic carbocycles. The molecule has 7 heteroatoms. The predicted octanol–water partition coefficient (Wildman–Crippen LogP) is 1.91. The normalized spacial score (nSPS) is 12.9. The van der Waals surface area contributed by atoms with E-state index in [1.165, 1.54) is 10.9 Å². The van der Waals surface area contributed by atoms with Crippen LogP contribution in [-0.2, 0) is 0 Å². The third-order valence-electron chi connectivity index (χ3n) is 4.14. The molecule has 4 rings (SSSR count). The third kappa shape index (κ3) is 2.79. The van der Waals surface area contributed by atoms with Crippen molar-refractivity contribution in [2.45, 2.75) is 13.8 Å². The minimum atomic E-state index is -0.511. The van der Waals surface area contributed by atoms with Crippen LogP contribution >= 0.6 is 0 Å². The lowest BCUT2D eigenvalue weighted by Gasteiger charge is -2.01. The molecule has 2 heterocycles. The highest BCUT2D eigenvalue weighted by molar-refractivity contribution is 5.83. The lowest BCUT2D eigenvalue weighted by molar-refractivity contribution is 0.256. The Morgan fingerprint density at radius 2 is 1.73 bits per heavy atom. The summed E-state index contributed by atoms with van der Waals surface area (Å²) < 4.78 is 1.49. The molecule has 1 aliphatic heterocycles. The number of nitrogens with zero attached hydrogens (tertiary/aromatic N) is 4. The molecule has 0 fully saturated rings. The van der Waals surface area contributed by atoms with Crippen molar-refractivity contribution in [1.29, 1.82) is 0 Å². The van der Waals surface area contributed by atoms with Gasteiger partial charge in [-0.3, -0.25) is 14.9 Å². The molecule has 2 amide bonds. The highest BCUT2D eigenvalue weighted by Crippen LogP contribution is 2.10. The van der Waals surface area contributed by atoms with Gasteiger partial charge in [0.1, 0.15) is 0 Å². The molecule has 3 aromatic rings. The van der Waals surface area contributed by atoms with Gasteiger partial charge in [-0.1, -0.05) is 17.7 Å². The summed E-state index contributed by atoms with van der Waals surface area (Å²) in [5, 5.41) is 4.10. The number of carbonyl (C=O) groups is 1. The zero-order valence-corrected chi connectivity index (χ0v) is 14.2.